The van der Waals surface area contributed by atoms with Crippen molar-refractivity contribution in [1.29, 1.82) is 0 Å². The summed E-state index contributed by atoms with van der Waals surface area (Å²) in [6.45, 7) is 12.8. The van der Waals surface area contributed by atoms with Crippen LogP contribution < -0.4 is 16.0 Å². The molecule has 7 heteroatoms. The number of amides is 1. The number of nitrogens with one attached hydrogen (secondary N) is 3. The zero-order valence-corrected chi connectivity index (χ0v) is 17.3. The normalized spacial score (nSPS) is 12.7. The molecule has 0 spiro atoms. The van der Waals surface area contributed by atoms with Crippen LogP contribution in [0.4, 0.5) is 4.79 Å². The van der Waals surface area contributed by atoms with E-state index in [1.54, 1.807) is 18.4 Å². The molecule has 0 aliphatic heterocycles. The number of aryl methyl sites for hydroxylation is 1. The lowest BCUT2D eigenvalue weighted by atomic mass is 10.1. The first-order valence-electron chi connectivity index (χ1n) is 8.58. The minimum atomic E-state index is -0.511. The molecule has 0 radical (unpaired) electrons. The summed E-state index contributed by atoms with van der Waals surface area (Å²) in [7, 11) is 1.73. The SMILES string of the molecule is CCc1ccc(CNC(=NC)NCC(C)(C)NC(=O)OC(C)(C)C)s1. The monoisotopic (exact) mass is 368 g/mol. The topological polar surface area (TPSA) is 74.8 Å². The molecule has 0 bridgehead atoms. The zero-order chi connectivity index (χ0) is 19.1. The molecule has 1 amide bonds. The maximum Gasteiger partial charge on any atom is 0.408 e. The van der Waals surface area contributed by atoms with Gasteiger partial charge in [0.25, 0.3) is 0 Å². The Labute approximate surface area is 155 Å². The molecule has 0 fully saturated rings. The van der Waals surface area contributed by atoms with Gasteiger partial charge < -0.3 is 20.7 Å². The van der Waals surface area contributed by atoms with E-state index in [9.17, 15) is 4.79 Å². The average molecular weight is 369 g/mol. The molecule has 0 saturated carbocycles. The number of alkyl carbamates (subject to hydrolysis) is 1. The molecular weight excluding hydrogens is 336 g/mol. The molecule has 0 atom stereocenters. The van der Waals surface area contributed by atoms with Crippen LogP contribution in [0.5, 0.6) is 0 Å². The van der Waals surface area contributed by atoms with Crippen molar-refractivity contribution < 1.29 is 9.53 Å². The number of rotatable bonds is 6. The van der Waals surface area contributed by atoms with Crippen LogP contribution in [0.2, 0.25) is 0 Å². The number of carbonyl (C=O) groups is 1. The van der Waals surface area contributed by atoms with Crippen LogP contribution in [0.15, 0.2) is 17.1 Å². The number of guanidine groups is 1. The van der Waals surface area contributed by atoms with E-state index in [0.29, 0.717) is 12.5 Å². The molecule has 1 rings (SSSR count). The summed E-state index contributed by atoms with van der Waals surface area (Å²) >= 11 is 1.80. The predicted molar refractivity (Wildman–Crippen MR) is 105 cm³/mol. The number of hydrogen-bond donors (Lipinski definition) is 3. The smallest absolute Gasteiger partial charge is 0.408 e. The predicted octanol–water partition coefficient (Wildman–Crippen LogP) is 3.28. The Balaban J connectivity index is 2.45. The molecule has 25 heavy (non-hydrogen) atoms. The third-order valence-electron chi connectivity index (χ3n) is 3.26. The van der Waals surface area contributed by atoms with Crippen molar-refractivity contribution in [2.45, 2.75) is 65.6 Å². The first-order valence-corrected chi connectivity index (χ1v) is 9.39. The fourth-order valence-corrected chi connectivity index (χ4v) is 2.93. The fourth-order valence-electron chi connectivity index (χ4n) is 2.03. The van der Waals surface area contributed by atoms with Crippen molar-refractivity contribution in [3.63, 3.8) is 0 Å². The first kappa shape index (κ1) is 21.3. The van der Waals surface area contributed by atoms with E-state index < -0.39 is 17.2 Å². The quantitative estimate of drug-likeness (QED) is 0.532. The van der Waals surface area contributed by atoms with Gasteiger partial charge in [-0.15, -0.1) is 11.3 Å². The number of hydrogen-bond acceptors (Lipinski definition) is 4. The Hall–Kier alpha value is -1.76. The van der Waals surface area contributed by atoms with E-state index in [1.165, 1.54) is 9.75 Å². The van der Waals surface area contributed by atoms with Crippen molar-refractivity contribution in [2.75, 3.05) is 13.6 Å². The van der Waals surface area contributed by atoms with Crippen molar-refractivity contribution >= 4 is 23.4 Å². The average Bonchev–Trinajstić information content (AvgIpc) is 2.92. The summed E-state index contributed by atoms with van der Waals surface area (Å²) in [6, 6.07) is 4.30. The summed E-state index contributed by atoms with van der Waals surface area (Å²) < 4.78 is 5.30. The van der Waals surface area contributed by atoms with Gasteiger partial charge in [0.15, 0.2) is 5.96 Å². The van der Waals surface area contributed by atoms with Crippen LogP contribution in [0, 0.1) is 0 Å². The summed E-state index contributed by atoms with van der Waals surface area (Å²) in [5, 5.41) is 9.41. The van der Waals surface area contributed by atoms with Gasteiger partial charge in [0.1, 0.15) is 5.60 Å². The summed E-state index contributed by atoms with van der Waals surface area (Å²) in [5.41, 5.74) is -0.985. The molecule has 1 aromatic rings. The van der Waals surface area contributed by atoms with Gasteiger partial charge in [-0.1, -0.05) is 6.92 Å². The Bertz CT molecular complexity index is 588. The molecule has 0 saturated heterocycles. The summed E-state index contributed by atoms with van der Waals surface area (Å²) in [6.07, 6.45) is 0.634. The number of nitrogens with zero attached hydrogens (tertiary/aromatic N) is 1. The van der Waals surface area contributed by atoms with Crippen LogP contribution in [0.25, 0.3) is 0 Å². The van der Waals surface area contributed by atoms with Crippen LogP contribution in [-0.2, 0) is 17.7 Å². The molecule has 3 N–H and O–H groups in total. The van der Waals surface area contributed by atoms with Crippen molar-refractivity contribution in [3.8, 4) is 0 Å². The third kappa shape index (κ3) is 8.77. The van der Waals surface area contributed by atoms with Crippen molar-refractivity contribution in [2.24, 2.45) is 4.99 Å². The largest absolute Gasteiger partial charge is 0.444 e. The molecule has 142 valence electrons. The van der Waals surface area contributed by atoms with Crippen LogP contribution >= 0.6 is 11.3 Å². The van der Waals surface area contributed by atoms with Crippen LogP contribution in [-0.4, -0.2) is 36.8 Å². The van der Waals surface area contributed by atoms with E-state index in [1.807, 2.05) is 34.6 Å². The lowest BCUT2D eigenvalue weighted by Crippen LogP contribution is -2.54. The van der Waals surface area contributed by atoms with E-state index in [-0.39, 0.29) is 0 Å². The van der Waals surface area contributed by atoms with Gasteiger partial charge in [0.2, 0.25) is 0 Å². The zero-order valence-electron chi connectivity index (χ0n) is 16.4. The van der Waals surface area contributed by atoms with Crippen molar-refractivity contribution in [1.82, 2.24) is 16.0 Å². The first-order chi connectivity index (χ1) is 11.5. The highest BCUT2D eigenvalue weighted by Crippen LogP contribution is 2.16. The van der Waals surface area contributed by atoms with E-state index >= 15 is 0 Å². The van der Waals surface area contributed by atoms with Crippen LogP contribution in [0.3, 0.4) is 0 Å². The highest BCUT2D eigenvalue weighted by Gasteiger charge is 2.24. The Morgan fingerprint density at radius 1 is 1.16 bits per heavy atom. The molecular formula is C18H32N4O2S. The summed E-state index contributed by atoms with van der Waals surface area (Å²) in [5.74, 6) is 0.700. The second-order valence-electron chi connectivity index (χ2n) is 7.51. The summed E-state index contributed by atoms with van der Waals surface area (Å²) in [4.78, 5) is 18.8. The van der Waals surface area contributed by atoms with E-state index in [4.69, 9.17) is 4.74 Å². The molecule has 0 aliphatic rings. The maximum atomic E-state index is 11.9. The number of carbonyl (C=O) groups excluding carboxylic acids is 1. The molecule has 0 aromatic carbocycles. The number of thiophene rings is 1. The fraction of sp³-hybridized carbons (Fsp3) is 0.667. The van der Waals surface area contributed by atoms with Crippen LogP contribution in [0.1, 0.15) is 51.3 Å². The van der Waals surface area contributed by atoms with Gasteiger partial charge in [0.05, 0.1) is 12.1 Å². The highest BCUT2D eigenvalue weighted by molar-refractivity contribution is 7.11. The van der Waals surface area contributed by atoms with Gasteiger partial charge in [-0.05, 0) is 53.2 Å². The molecule has 0 aliphatic carbocycles. The second kappa shape index (κ2) is 9.08. The van der Waals surface area contributed by atoms with E-state index in [2.05, 4.69) is 40.0 Å². The van der Waals surface area contributed by atoms with Gasteiger partial charge in [-0.3, -0.25) is 4.99 Å². The number of aliphatic imine (C=N–C) groups is 1. The Kier molecular flexibility index (Phi) is 7.73. The number of ether oxygens (including phenoxy) is 1. The standard InChI is InChI=1S/C18H32N4O2S/c1-8-13-9-10-14(25-13)11-20-15(19-7)21-12-18(5,6)22-16(23)24-17(2,3)4/h9-10H,8,11-12H2,1-7H3,(H,22,23)(H2,19,20,21). The lowest BCUT2D eigenvalue weighted by Gasteiger charge is -2.29. The minimum absolute atomic E-state index is 0.423. The molecule has 6 nitrogen and oxygen atoms in total. The Morgan fingerprint density at radius 2 is 1.80 bits per heavy atom. The maximum absolute atomic E-state index is 11.9. The second-order valence-corrected chi connectivity index (χ2v) is 8.76. The lowest BCUT2D eigenvalue weighted by molar-refractivity contribution is 0.0474. The van der Waals surface area contributed by atoms with Gasteiger partial charge in [-0.25, -0.2) is 4.79 Å². The van der Waals surface area contributed by atoms with Gasteiger partial charge >= 0.3 is 6.09 Å². The highest BCUT2D eigenvalue weighted by atomic mass is 32.1. The Morgan fingerprint density at radius 3 is 2.32 bits per heavy atom. The molecule has 0 unspecified atom stereocenters. The minimum Gasteiger partial charge on any atom is -0.444 e. The molecule has 1 aromatic heterocycles. The van der Waals surface area contributed by atoms with Crippen molar-refractivity contribution in [3.05, 3.63) is 21.9 Å². The van der Waals surface area contributed by atoms with Gasteiger partial charge in [-0.2, -0.15) is 0 Å². The third-order valence-corrected chi connectivity index (χ3v) is 4.49. The molecule has 1 heterocycles. The van der Waals surface area contributed by atoms with Gasteiger partial charge in [0, 0.05) is 23.3 Å². The van der Waals surface area contributed by atoms with E-state index in [0.717, 1.165) is 13.0 Å².